The Morgan fingerprint density at radius 3 is 1.35 bits per heavy atom. The monoisotopic (exact) mass is 1840 g/mol. The lowest BCUT2D eigenvalue weighted by atomic mass is 9.83. The van der Waals surface area contributed by atoms with Crippen molar-refractivity contribution in [2.24, 2.45) is 17.8 Å². The number of ketones is 1. The van der Waals surface area contributed by atoms with Gasteiger partial charge in [-0.05, 0) is 89.9 Å². The fourth-order valence-corrected chi connectivity index (χ4v) is 19.0. The highest BCUT2D eigenvalue weighted by molar-refractivity contribution is 5.93. The van der Waals surface area contributed by atoms with Gasteiger partial charge < -0.3 is 144 Å². The van der Waals surface area contributed by atoms with Crippen LogP contribution in [0.5, 0.6) is 0 Å². The van der Waals surface area contributed by atoms with E-state index >= 15 is 0 Å². The number of carbonyl (C=O) groups excluding carboxylic acids is 6. The standard InChI is InChI=1S/C83H123N15O32/c1-40-62(105)66(109)68(111)80(121-40)129-71-48(84-74(113)50-30-58(102)89-82(117)86-50)17-9-19-52(71)125-78-47(70(64(107)56(36-99)127-78)123-54(76(115)95-21-11-22-95)27-42-13-5-3-6-14-42)29-46(101)34-97-32-44(91-93-97)38-119-25-26-120-39-45-33-98(94-92-45)35-60(104)88-61-73(124-55(77(116)96-23-12-24-96)28-43-15-7-4-8-16-43)65(108)57(37-100)128-79(61)126-53-20-10-18-49(85-75(114)51-31-59(103)90-83(118)87-51)72(53)130-81-69(112)67(110)63(106)41(2)122-81/h30-33,40-43,47-49,52-57,61-73,78-81,99-100,105-112H,3-29,34-39H2,1-2H3,(H,84,113)(H,85,114)(H,88,104)(H2,86,89,102,117)(H2,87,90,103,118)/t40-,41-,47+,48-,49-,52+,53+,54-,55-,56+,57+,61+,62+,63+,64-,65-,66+,67+,68-,69-,70+,71+,72+,73+,78+,79+,80-,81-/m0/s1. The molecule has 0 unspecified atom stereocenters. The summed E-state index contributed by atoms with van der Waals surface area (Å²) in [5.41, 5.74) is -3.95. The minimum absolute atomic E-state index is 0.00663. The Kier molecular flexibility index (Phi) is 34.0. The number of aliphatic hydroxyl groups excluding tert-OH is 10. The van der Waals surface area contributed by atoms with Crippen LogP contribution in [0.4, 0.5) is 0 Å². The highest BCUT2D eigenvalue weighted by Crippen LogP contribution is 2.42. The second-order valence-corrected chi connectivity index (χ2v) is 35.8. The van der Waals surface area contributed by atoms with Crippen molar-refractivity contribution >= 4 is 35.3 Å². The topological polar surface area (TPSA) is 651 Å². The lowest BCUT2D eigenvalue weighted by Crippen LogP contribution is -2.68. The summed E-state index contributed by atoms with van der Waals surface area (Å²) in [6.07, 6.45) is -20.9. The number of hydrogen-bond acceptors (Lipinski definition) is 36. The summed E-state index contributed by atoms with van der Waals surface area (Å²) in [6, 6.07) is -1.94. The predicted molar refractivity (Wildman–Crippen MR) is 440 cm³/mol. The van der Waals surface area contributed by atoms with E-state index in [2.05, 4.69) is 46.5 Å². The van der Waals surface area contributed by atoms with Crippen molar-refractivity contribution in [1.82, 2.24) is 75.7 Å². The Hall–Kier alpha value is -8.22. The van der Waals surface area contributed by atoms with Crippen molar-refractivity contribution in [3.8, 4) is 0 Å². The highest BCUT2D eigenvalue weighted by atomic mass is 16.7. The van der Waals surface area contributed by atoms with E-state index < -0.39 is 261 Å². The zero-order chi connectivity index (χ0) is 92.1. The van der Waals surface area contributed by atoms with Gasteiger partial charge in [-0.2, -0.15) is 0 Å². The first-order chi connectivity index (χ1) is 62.5. The van der Waals surface area contributed by atoms with Gasteiger partial charge in [0.1, 0.15) is 133 Å². The molecule has 6 aliphatic heterocycles. The van der Waals surface area contributed by atoms with Gasteiger partial charge in [-0.1, -0.05) is 74.6 Å². The van der Waals surface area contributed by atoms with Crippen LogP contribution < -0.4 is 38.4 Å². The SMILES string of the molecule is C[C@@H]1O[C@@H](O[C@@H]2[C@@H](NC(=O)c3cc(=O)[nH]c(=O)[nH]3)CCC[C@H]2O[C@@H]2O[C@H](CO)[C@H](O)[C@H](O[C@@H](CC3CCCCC3)C(=O)N3CCC3)[C@H]2CC(=O)Cn2cc(COCCOCc3cn(CC(=O)N[C@H]4[C@H](O[C@@H]5CCC[C@H](NC(=O)c6cc(=O)[nH]c(=O)[nH]6)[C@H]5O[C@@H]5O[C@@H](C)[C@@H](O)[C@@H](O)[C@@H]5O)O[C@H](CO)[C@H](O)[C@@H]4O[C@@H](CC4CCCCC4)C(=O)N4CCC4)nn3)nn2)[C@@H](O)[C@H](O)[C@@H]1O. The van der Waals surface area contributed by atoms with E-state index in [4.69, 9.17) is 56.8 Å². The van der Waals surface area contributed by atoms with Crippen LogP contribution in [0.15, 0.2) is 43.7 Å². The Bertz CT molecular complexity index is 4310. The molecule has 10 heterocycles. The summed E-state index contributed by atoms with van der Waals surface area (Å²) >= 11 is 0. The number of Topliss-reactive ketones (excluding diaryl/α,β-unsaturated/α-hetero) is 1. The van der Waals surface area contributed by atoms with Crippen molar-refractivity contribution in [3.63, 3.8) is 0 Å². The highest BCUT2D eigenvalue weighted by Gasteiger charge is 2.56. The van der Waals surface area contributed by atoms with Crippen molar-refractivity contribution in [2.75, 3.05) is 52.6 Å². The van der Waals surface area contributed by atoms with Gasteiger partial charge in [-0.15, -0.1) is 10.2 Å². The summed E-state index contributed by atoms with van der Waals surface area (Å²) in [7, 11) is 0. The van der Waals surface area contributed by atoms with Crippen LogP contribution in [-0.4, -0.2) is 364 Å². The first kappa shape index (κ1) is 97.8. The van der Waals surface area contributed by atoms with Crippen LogP contribution in [0.3, 0.4) is 0 Å². The fraction of sp³-hybridized carbons (Fsp3) is 0.783. The van der Waals surface area contributed by atoms with Crippen LogP contribution >= 0.6 is 0 Å². The maximum Gasteiger partial charge on any atom is 0.326 e. The number of ether oxygens (including phenoxy) is 12. The molecule has 0 bridgehead atoms. The van der Waals surface area contributed by atoms with Gasteiger partial charge in [0.25, 0.3) is 34.7 Å². The molecule has 6 saturated heterocycles. The third-order valence-corrected chi connectivity index (χ3v) is 26.4. The zero-order valence-corrected chi connectivity index (χ0v) is 72.5. The van der Waals surface area contributed by atoms with E-state index in [1.807, 2.05) is 9.97 Å². The van der Waals surface area contributed by atoms with Gasteiger partial charge in [0.15, 0.2) is 30.9 Å². The zero-order valence-electron chi connectivity index (χ0n) is 72.5. The molecule has 10 fully saturated rings. The number of aliphatic hydroxyl groups is 10. The molecule has 17 N–H and O–H groups in total. The van der Waals surface area contributed by atoms with E-state index in [9.17, 15) is 99.0 Å². The molecule has 5 amide bonds. The second kappa shape index (κ2) is 45.2. The quantitative estimate of drug-likeness (QED) is 0.0186. The molecule has 28 atom stereocenters. The Labute approximate surface area is 744 Å². The molecular weight excluding hydrogens is 1720 g/mol. The number of aromatic nitrogens is 10. The Morgan fingerprint density at radius 1 is 0.469 bits per heavy atom. The Balaban J connectivity index is 0.637. The molecule has 4 aromatic rings. The van der Waals surface area contributed by atoms with Crippen LogP contribution in [0.25, 0.3) is 0 Å². The van der Waals surface area contributed by atoms with E-state index in [-0.39, 0.29) is 94.3 Å². The molecule has 14 rings (SSSR count). The third-order valence-electron chi connectivity index (χ3n) is 26.4. The molecule has 4 aliphatic carbocycles. The number of H-pyrrole nitrogens is 4. The van der Waals surface area contributed by atoms with Gasteiger partial charge >= 0.3 is 11.4 Å². The number of nitrogens with zero attached hydrogens (tertiary/aromatic N) is 8. The first-order valence-corrected chi connectivity index (χ1v) is 45.4. The number of hydrogen-bond donors (Lipinski definition) is 17. The van der Waals surface area contributed by atoms with Crippen LogP contribution in [0.2, 0.25) is 0 Å². The molecule has 0 aromatic carbocycles. The lowest BCUT2D eigenvalue weighted by molar-refractivity contribution is -0.340. The normalized spacial score (nSPS) is 33.9. The third kappa shape index (κ3) is 24.5. The van der Waals surface area contributed by atoms with Crippen molar-refractivity contribution in [1.29, 1.82) is 0 Å². The van der Waals surface area contributed by atoms with Crippen molar-refractivity contribution < 1.29 is 137 Å². The van der Waals surface area contributed by atoms with Gasteiger partial charge in [0.2, 0.25) is 5.91 Å². The largest absolute Gasteiger partial charge is 0.394 e. The number of nitrogens with one attached hydrogen (secondary N) is 7. The summed E-state index contributed by atoms with van der Waals surface area (Å²) in [4.78, 5) is 148. The maximum absolute atomic E-state index is 14.8. The first-order valence-electron chi connectivity index (χ1n) is 45.4. The molecular formula is C83H123N15O32. The molecule has 47 nitrogen and oxygen atoms in total. The summed E-state index contributed by atoms with van der Waals surface area (Å²) in [5, 5.41) is 137. The number of rotatable bonds is 38. The average molecular weight is 1840 g/mol. The average Bonchev–Trinajstić information content (AvgIpc) is 1.03. The summed E-state index contributed by atoms with van der Waals surface area (Å²) in [5.74, 6) is -4.86. The second-order valence-electron chi connectivity index (χ2n) is 35.8. The van der Waals surface area contributed by atoms with Gasteiger partial charge in [-0.3, -0.25) is 48.3 Å². The molecule has 722 valence electrons. The molecule has 4 aromatic heterocycles. The molecule has 0 spiro atoms. The molecule has 0 radical (unpaired) electrons. The fourth-order valence-electron chi connectivity index (χ4n) is 19.0. The van der Waals surface area contributed by atoms with Gasteiger partial charge in [-0.25, -0.2) is 19.0 Å². The molecule has 10 aliphatic rings. The van der Waals surface area contributed by atoms with Crippen LogP contribution in [0.1, 0.15) is 181 Å². The smallest absolute Gasteiger partial charge is 0.326 e. The van der Waals surface area contributed by atoms with Crippen molar-refractivity contribution in [3.05, 3.63) is 89.0 Å². The minimum atomic E-state index is -1.86. The van der Waals surface area contributed by atoms with Crippen LogP contribution in [0, 0.1) is 17.8 Å². The number of amides is 5. The predicted octanol–water partition coefficient (Wildman–Crippen LogP) is -5.35. The maximum atomic E-state index is 14.8. The van der Waals surface area contributed by atoms with E-state index in [0.717, 1.165) is 89.2 Å². The molecule has 130 heavy (non-hydrogen) atoms. The molecule has 4 saturated carbocycles. The van der Waals surface area contributed by atoms with Crippen LogP contribution in [-0.2, 0) is 102 Å². The van der Waals surface area contributed by atoms with E-state index in [1.165, 1.54) is 35.6 Å². The van der Waals surface area contributed by atoms with Crippen molar-refractivity contribution in [2.45, 2.75) is 340 Å². The lowest BCUT2D eigenvalue weighted by Gasteiger charge is -2.49. The van der Waals surface area contributed by atoms with E-state index in [1.54, 1.807) is 9.80 Å². The number of carbonyl (C=O) groups is 6. The summed E-state index contributed by atoms with van der Waals surface area (Å²) < 4.78 is 79.1. The summed E-state index contributed by atoms with van der Waals surface area (Å²) in [6.45, 7) is 1.95. The number of aromatic amines is 4. The van der Waals surface area contributed by atoms with Gasteiger partial charge in [0.05, 0.1) is 94.6 Å². The van der Waals surface area contributed by atoms with E-state index in [0.29, 0.717) is 44.7 Å². The van der Waals surface area contributed by atoms with Gasteiger partial charge in [0, 0.05) is 50.7 Å². The number of likely N-dealkylation sites (tertiary alicyclic amines) is 2. The minimum Gasteiger partial charge on any atom is -0.394 e. The Morgan fingerprint density at radius 2 is 0.908 bits per heavy atom. The molecule has 47 heteroatoms.